The minimum absolute atomic E-state index is 0.611. The fourth-order valence-electron chi connectivity index (χ4n) is 2.23. The minimum atomic E-state index is 0.611. The van der Waals surface area contributed by atoms with Crippen LogP contribution in [0, 0.1) is 13.8 Å². The monoisotopic (exact) mass is 280 g/mol. The largest absolute Gasteiger partial charge is 0.375 e. The first-order valence-electron chi connectivity index (χ1n) is 6.52. The topological polar surface area (TPSA) is 38.9 Å². The van der Waals surface area contributed by atoms with E-state index in [4.69, 9.17) is 5.73 Å². The predicted octanol–water partition coefficient (Wildman–Crippen LogP) is 4.68. The standard InChI is InChI=1S/C17H16N2S/c1-11-3-6-13(7-4-11)14-8-5-12(2)15(9-14)16-10-20-17(18)19-16/h3-10H,1-2H3,(H2,18,19). The average Bonchev–Trinajstić information content (AvgIpc) is 2.87. The van der Waals surface area contributed by atoms with Crippen molar-refractivity contribution in [3.8, 4) is 22.4 Å². The van der Waals surface area contributed by atoms with Gasteiger partial charge in [-0.1, -0.05) is 42.0 Å². The molecule has 0 atom stereocenters. The lowest BCUT2D eigenvalue weighted by Crippen LogP contribution is -1.88. The molecule has 0 spiro atoms. The fourth-order valence-corrected chi connectivity index (χ4v) is 2.80. The Kier molecular flexibility index (Phi) is 3.28. The Bertz CT molecular complexity index is 742. The summed E-state index contributed by atoms with van der Waals surface area (Å²) in [6, 6.07) is 15.1. The highest BCUT2D eigenvalue weighted by atomic mass is 32.1. The van der Waals surface area contributed by atoms with Gasteiger partial charge in [0.25, 0.3) is 0 Å². The van der Waals surface area contributed by atoms with Gasteiger partial charge in [0.15, 0.2) is 5.13 Å². The van der Waals surface area contributed by atoms with E-state index in [1.54, 1.807) is 0 Å². The molecule has 3 aromatic rings. The Morgan fingerprint density at radius 3 is 2.30 bits per heavy atom. The van der Waals surface area contributed by atoms with Crippen molar-refractivity contribution in [2.24, 2.45) is 0 Å². The molecule has 0 bridgehead atoms. The van der Waals surface area contributed by atoms with Crippen molar-refractivity contribution in [2.45, 2.75) is 13.8 Å². The summed E-state index contributed by atoms with van der Waals surface area (Å²) < 4.78 is 0. The van der Waals surface area contributed by atoms with Crippen LogP contribution in [-0.4, -0.2) is 4.98 Å². The molecular weight excluding hydrogens is 264 g/mol. The number of nitrogen functional groups attached to an aromatic ring is 1. The molecule has 0 radical (unpaired) electrons. The molecule has 20 heavy (non-hydrogen) atoms. The lowest BCUT2D eigenvalue weighted by atomic mass is 9.98. The lowest BCUT2D eigenvalue weighted by Gasteiger charge is -2.08. The van der Waals surface area contributed by atoms with Gasteiger partial charge in [0.1, 0.15) is 0 Å². The van der Waals surface area contributed by atoms with Crippen LogP contribution in [0.4, 0.5) is 5.13 Å². The number of rotatable bonds is 2. The molecule has 0 amide bonds. The second-order valence-electron chi connectivity index (χ2n) is 4.97. The summed E-state index contributed by atoms with van der Waals surface area (Å²) >= 11 is 1.48. The first-order chi connectivity index (χ1) is 9.63. The quantitative estimate of drug-likeness (QED) is 0.740. The zero-order valence-electron chi connectivity index (χ0n) is 11.6. The van der Waals surface area contributed by atoms with Crippen molar-refractivity contribution >= 4 is 16.5 Å². The van der Waals surface area contributed by atoms with Crippen molar-refractivity contribution < 1.29 is 0 Å². The van der Waals surface area contributed by atoms with Crippen LogP contribution in [0.5, 0.6) is 0 Å². The minimum Gasteiger partial charge on any atom is -0.375 e. The molecule has 2 nitrogen and oxygen atoms in total. The van der Waals surface area contributed by atoms with Crippen LogP contribution in [0.2, 0.25) is 0 Å². The SMILES string of the molecule is Cc1ccc(-c2ccc(C)c(-c3csc(N)n3)c2)cc1. The van der Waals surface area contributed by atoms with Gasteiger partial charge in [0, 0.05) is 10.9 Å². The molecular formula is C17H16N2S. The normalized spacial score (nSPS) is 10.7. The van der Waals surface area contributed by atoms with Crippen molar-refractivity contribution in [3.05, 3.63) is 59.0 Å². The van der Waals surface area contributed by atoms with Gasteiger partial charge in [0.05, 0.1) is 5.69 Å². The number of aromatic nitrogens is 1. The Morgan fingerprint density at radius 2 is 1.65 bits per heavy atom. The molecule has 0 fully saturated rings. The van der Waals surface area contributed by atoms with E-state index in [2.05, 4.69) is 61.3 Å². The number of nitrogens with zero attached hydrogens (tertiary/aromatic N) is 1. The smallest absolute Gasteiger partial charge is 0.180 e. The number of benzene rings is 2. The van der Waals surface area contributed by atoms with Crippen LogP contribution in [0.3, 0.4) is 0 Å². The average molecular weight is 280 g/mol. The predicted molar refractivity (Wildman–Crippen MR) is 86.9 cm³/mol. The van der Waals surface area contributed by atoms with Crippen molar-refractivity contribution in [3.63, 3.8) is 0 Å². The zero-order chi connectivity index (χ0) is 14.1. The Hall–Kier alpha value is -2.13. The van der Waals surface area contributed by atoms with E-state index in [9.17, 15) is 0 Å². The molecule has 0 aliphatic carbocycles. The maximum atomic E-state index is 5.74. The molecule has 0 unspecified atom stereocenters. The summed E-state index contributed by atoms with van der Waals surface area (Å²) in [4.78, 5) is 4.39. The Balaban J connectivity index is 2.08. The summed E-state index contributed by atoms with van der Waals surface area (Å²) in [7, 11) is 0. The summed E-state index contributed by atoms with van der Waals surface area (Å²) in [6.07, 6.45) is 0. The van der Waals surface area contributed by atoms with Crippen LogP contribution < -0.4 is 5.73 Å². The van der Waals surface area contributed by atoms with Gasteiger partial charge in [-0.15, -0.1) is 11.3 Å². The Labute approximate surface area is 122 Å². The highest BCUT2D eigenvalue weighted by molar-refractivity contribution is 7.13. The van der Waals surface area contributed by atoms with Gasteiger partial charge in [0.2, 0.25) is 0 Å². The zero-order valence-corrected chi connectivity index (χ0v) is 12.4. The molecule has 3 heteroatoms. The maximum Gasteiger partial charge on any atom is 0.180 e. The third-order valence-electron chi connectivity index (χ3n) is 3.42. The van der Waals surface area contributed by atoms with Gasteiger partial charge in [-0.3, -0.25) is 0 Å². The maximum absolute atomic E-state index is 5.74. The van der Waals surface area contributed by atoms with E-state index in [1.165, 1.54) is 33.6 Å². The van der Waals surface area contributed by atoms with E-state index in [1.807, 2.05) is 5.38 Å². The third kappa shape index (κ3) is 2.45. The summed E-state index contributed by atoms with van der Waals surface area (Å²) in [5.74, 6) is 0. The molecule has 0 saturated carbocycles. The number of anilines is 1. The summed E-state index contributed by atoms with van der Waals surface area (Å²) in [6.45, 7) is 4.20. The third-order valence-corrected chi connectivity index (χ3v) is 4.09. The molecule has 1 aromatic heterocycles. The molecule has 3 rings (SSSR count). The van der Waals surface area contributed by atoms with Crippen molar-refractivity contribution in [1.29, 1.82) is 0 Å². The molecule has 2 N–H and O–H groups in total. The number of hydrogen-bond acceptors (Lipinski definition) is 3. The second kappa shape index (κ2) is 5.10. The van der Waals surface area contributed by atoms with Gasteiger partial charge >= 0.3 is 0 Å². The molecule has 2 aromatic carbocycles. The van der Waals surface area contributed by atoms with Gasteiger partial charge in [-0.2, -0.15) is 0 Å². The molecule has 0 aliphatic heterocycles. The summed E-state index contributed by atoms with van der Waals surface area (Å²) in [5.41, 5.74) is 12.8. The summed E-state index contributed by atoms with van der Waals surface area (Å²) in [5, 5.41) is 2.62. The first-order valence-corrected chi connectivity index (χ1v) is 7.40. The number of nitrogens with two attached hydrogens (primary N) is 1. The molecule has 100 valence electrons. The lowest BCUT2D eigenvalue weighted by molar-refractivity contribution is 1.37. The molecule has 1 heterocycles. The van der Waals surface area contributed by atoms with Gasteiger partial charge in [-0.25, -0.2) is 4.98 Å². The van der Waals surface area contributed by atoms with Crippen molar-refractivity contribution in [1.82, 2.24) is 4.98 Å². The van der Waals surface area contributed by atoms with Crippen LogP contribution in [0.25, 0.3) is 22.4 Å². The van der Waals surface area contributed by atoms with E-state index >= 15 is 0 Å². The van der Waals surface area contributed by atoms with E-state index in [0.29, 0.717) is 5.13 Å². The van der Waals surface area contributed by atoms with Gasteiger partial charge in [-0.05, 0) is 36.6 Å². The second-order valence-corrected chi connectivity index (χ2v) is 5.86. The van der Waals surface area contributed by atoms with Crippen LogP contribution >= 0.6 is 11.3 Å². The van der Waals surface area contributed by atoms with E-state index in [-0.39, 0.29) is 0 Å². The van der Waals surface area contributed by atoms with E-state index < -0.39 is 0 Å². The number of aryl methyl sites for hydroxylation is 2. The number of hydrogen-bond donors (Lipinski definition) is 1. The number of thiazole rings is 1. The fraction of sp³-hybridized carbons (Fsp3) is 0.118. The van der Waals surface area contributed by atoms with Crippen LogP contribution in [0.1, 0.15) is 11.1 Å². The highest BCUT2D eigenvalue weighted by Gasteiger charge is 2.08. The molecule has 0 aliphatic rings. The Morgan fingerprint density at radius 1 is 0.950 bits per heavy atom. The van der Waals surface area contributed by atoms with Crippen molar-refractivity contribution in [2.75, 3.05) is 5.73 Å². The molecule has 0 saturated heterocycles. The van der Waals surface area contributed by atoms with Gasteiger partial charge < -0.3 is 5.73 Å². The first kappa shape index (κ1) is 12.9. The van der Waals surface area contributed by atoms with E-state index in [0.717, 1.165) is 11.3 Å². The highest BCUT2D eigenvalue weighted by Crippen LogP contribution is 2.30. The van der Waals surface area contributed by atoms with Crippen LogP contribution in [-0.2, 0) is 0 Å². The van der Waals surface area contributed by atoms with Crippen LogP contribution in [0.15, 0.2) is 47.8 Å².